The zero-order valence-electron chi connectivity index (χ0n) is 10.2. The Balaban J connectivity index is 1.96. The number of hydrogen-bond donors (Lipinski definition) is 1. The molecule has 0 bridgehead atoms. The second-order valence-corrected chi connectivity index (χ2v) is 7.18. The van der Waals surface area contributed by atoms with Crippen LogP contribution in [0.15, 0.2) is 0 Å². The molecule has 1 N–H and O–H groups in total. The van der Waals surface area contributed by atoms with E-state index in [1.807, 2.05) is 0 Å². The molecule has 0 aromatic rings. The van der Waals surface area contributed by atoms with Crippen molar-refractivity contribution in [2.45, 2.75) is 30.9 Å². The summed E-state index contributed by atoms with van der Waals surface area (Å²) < 4.78 is 31.3. The van der Waals surface area contributed by atoms with Crippen molar-refractivity contribution in [3.05, 3.63) is 0 Å². The summed E-state index contributed by atoms with van der Waals surface area (Å²) in [4.78, 5) is 10.6. The van der Waals surface area contributed by atoms with Gasteiger partial charge in [-0.05, 0) is 25.2 Å². The van der Waals surface area contributed by atoms with Gasteiger partial charge in [0.2, 0.25) is 10.0 Å². The number of sulfonamides is 1. The van der Waals surface area contributed by atoms with E-state index in [-0.39, 0.29) is 17.6 Å². The number of ether oxygens (including phenoxy) is 1. The molecule has 18 heavy (non-hydrogen) atoms. The second-order valence-electron chi connectivity index (χ2n) is 4.97. The molecule has 7 heteroatoms. The summed E-state index contributed by atoms with van der Waals surface area (Å²) in [7, 11) is -3.27. The molecule has 2 heterocycles. The van der Waals surface area contributed by atoms with Crippen molar-refractivity contribution in [2.75, 3.05) is 26.3 Å². The first-order valence-electron chi connectivity index (χ1n) is 6.28. The molecule has 0 aromatic heterocycles. The lowest BCUT2D eigenvalue weighted by Gasteiger charge is -2.27. The first-order valence-corrected chi connectivity index (χ1v) is 7.79. The third-order valence-corrected chi connectivity index (χ3v) is 6.03. The van der Waals surface area contributed by atoms with Crippen LogP contribution in [0.4, 0.5) is 0 Å². The van der Waals surface area contributed by atoms with Crippen LogP contribution in [0.5, 0.6) is 0 Å². The standard InChI is InChI=1S/C11H19NO5S/c13-11(14)7-9-1-4-12(8-9)18(15,16)10-2-5-17-6-3-10/h9-10H,1-8H2,(H,13,14). The van der Waals surface area contributed by atoms with Crippen molar-refractivity contribution in [2.24, 2.45) is 5.92 Å². The van der Waals surface area contributed by atoms with Crippen molar-refractivity contribution in [1.29, 1.82) is 0 Å². The minimum absolute atomic E-state index is 0.0443. The molecule has 0 radical (unpaired) electrons. The van der Waals surface area contributed by atoms with E-state index in [9.17, 15) is 13.2 Å². The molecule has 0 aliphatic carbocycles. The lowest BCUT2D eigenvalue weighted by atomic mass is 10.1. The lowest BCUT2D eigenvalue weighted by molar-refractivity contribution is -0.137. The number of carboxylic acid groups (broad SMARTS) is 1. The van der Waals surface area contributed by atoms with Crippen LogP contribution in [0.3, 0.4) is 0 Å². The van der Waals surface area contributed by atoms with E-state index in [0.717, 1.165) is 0 Å². The predicted octanol–water partition coefficient (Wildman–Crippen LogP) is 0.292. The van der Waals surface area contributed by atoms with Gasteiger partial charge in [0.15, 0.2) is 0 Å². The first kappa shape index (κ1) is 13.8. The summed E-state index contributed by atoms with van der Waals surface area (Å²) >= 11 is 0. The van der Waals surface area contributed by atoms with E-state index in [1.54, 1.807) is 0 Å². The Morgan fingerprint density at radius 3 is 2.56 bits per heavy atom. The number of aliphatic carboxylic acids is 1. The molecule has 0 amide bonds. The van der Waals surface area contributed by atoms with Crippen LogP contribution in [0.1, 0.15) is 25.7 Å². The van der Waals surface area contributed by atoms with Crippen LogP contribution < -0.4 is 0 Å². The van der Waals surface area contributed by atoms with Crippen LogP contribution in [0, 0.1) is 5.92 Å². The smallest absolute Gasteiger partial charge is 0.303 e. The largest absolute Gasteiger partial charge is 0.481 e. The van der Waals surface area contributed by atoms with Gasteiger partial charge >= 0.3 is 5.97 Å². The van der Waals surface area contributed by atoms with Gasteiger partial charge in [0.25, 0.3) is 0 Å². The molecule has 1 unspecified atom stereocenters. The van der Waals surface area contributed by atoms with E-state index in [1.165, 1.54) is 4.31 Å². The zero-order valence-corrected chi connectivity index (χ0v) is 11.1. The van der Waals surface area contributed by atoms with Gasteiger partial charge in [-0.1, -0.05) is 0 Å². The van der Waals surface area contributed by atoms with E-state index in [4.69, 9.17) is 9.84 Å². The molecule has 0 saturated carbocycles. The Morgan fingerprint density at radius 2 is 1.94 bits per heavy atom. The molecule has 0 spiro atoms. The molecule has 104 valence electrons. The molecule has 2 saturated heterocycles. The third kappa shape index (κ3) is 3.02. The van der Waals surface area contributed by atoms with Crippen LogP contribution in [-0.2, 0) is 19.6 Å². The summed E-state index contributed by atoms with van der Waals surface area (Å²) in [5.74, 6) is -0.901. The molecular formula is C11H19NO5S. The number of carboxylic acids is 1. The van der Waals surface area contributed by atoms with Crippen molar-refractivity contribution < 1.29 is 23.1 Å². The number of hydrogen-bond acceptors (Lipinski definition) is 4. The highest BCUT2D eigenvalue weighted by Gasteiger charge is 2.37. The Labute approximate surface area is 107 Å². The number of nitrogens with zero attached hydrogens (tertiary/aromatic N) is 1. The van der Waals surface area contributed by atoms with Gasteiger partial charge in [-0.15, -0.1) is 0 Å². The maximum Gasteiger partial charge on any atom is 0.303 e. The summed E-state index contributed by atoms with van der Waals surface area (Å²) in [6.45, 7) is 1.80. The van der Waals surface area contributed by atoms with Gasteiger partial charge < -0.3 is 9.84 Å². The fraction of sp³-hybridized carbons (Fsp3) is 0.909. The Bertz CT molecular complexity index is 402. The SMILES string of the molecule is O=C(O)CC1CCN(S(=O)(=O)C2CCOCC2)C1. The van der Waals surface area contributed by atoms with Crippen molar-refractivity contribution in [1.82, 2.24) is 4.31 Å². The predicted molar refractivity (Wildman–Crippen MR) is 64.7 cm³/mol. The monoisotopic (exact) mass is 277 g/mol. The van der Waals surface area contributed by atoms with Crippen LogP contribution in [0.2, 0.25) is 0 Å². The van der Waals surface area contributed by atoms with Crippen molar-refractivity contribution in [3.63, 3.8) is 0 Å². The molecule has 2 rings (SSSR count). The Hall–Kier alpha value is -0.660. The average molecular weight is 277 g/mol. The van der Waals surface area contributed by atoms with Gasteiger partial charge in [-0.3, -0.25) is 4.79 Å². The van der Waals surface area contributed by atoms with E-state index in [0.29, 0.717) is 45.6 Å². The summed E-state index contributed by atoms with van der Waals surface area (Å²) in [6, 6.07) is 0. The van der Waals surface area contributed by atoms with E-state index < -0.39 is 16.0 Å². The highest BCUT2D eigenvalue weighted by Crippen LogP contribution is 2.27. The highest BCUT2D eigenvalue weighted by atomic mass is 32.2. The van der Waals surface area contributed by atoms with E-state index >= 15 is 0 Å². The summed E-state index contributed by atoms with van der Waals surface area (Å²) in [5.41, 5.74) is 0. The topological polar surface area (TPSA) is 83.9 Å². The average Bonchev–Trinajstić information content (AvgIpc) is 2.78. The lowest BCUT2D eigenvalue weighted by Crippen LogP contribution is -2.40. The van der Waals surface area contributed by atoms with E-state index in [2.05, 4.69) is 0 Å². The quantitative estimate of drug-likeness (QED) is 0.798. The minimum atomic E-state index is -3.27. The van der Waals surface area contributed by atoms with Crippen LogP contribution in [-0.4, -0.2) is 55.4 Å². The molecular weight excluding hydrogens is 258 g/mol. The third-order valence-electron chi connectivity index (χ3n) is 3.66. The minimum Gasteiger partial charge on any atom is -0.481 e. The maximum absolute atomic E-state index is 12.3. The zero-order chi connectivity index (χ0) is 13.2. The maximum atomic E-state index is 12.3. The fourth-order valence-corrected chi connectivity index (χ4v) is 4.61. The Morgan fingerprint density at radius 1 is 1.28 bits per heavy atom. The fourth-order valence-electron chi connectivity index (χ4n) is 2.63. The number of rotatable bonds is 4. The van der Waals surface area contributed by atoms with Gasteiger partial charge in [-0.2, -0.15) is 0 Å². The highest BCUT2D eigenvalue weighted by molar-refractivity contribution is 7.89. The van der Waals surface area contributed by atoms with Crippen LogP contribution >= 0.6 is 0 Å². The molecule has 0 aromatic carbocycles. The van der Waals surface area contributed by atoms with Gasteiger partial charge in [0.05, 0.1) is 5.25 Å². The molecule has 6 nitrogen and oxygen atoms in total. The molecule has 2 aliphatic heterocycles. The Kier molecular flexibility index (Phi) is 4.24. The normalized spacial score (nSPS) is 27.4. The van der Waals surface area contributed by atoms with Crippen LogP contribution in [0.25, 0.3) is 0 Å². The van der Waals surface area contributed by atoms with Crippen molar-refractivity contribution >= 4 is 16.0 Å². The van der Waals surface area contributed by atoms with Crippen molar-refractivity contribution in [3.8, 4) is 0 Å². The van der Waals surface area contributed by atoms with Gasteiger partial charge in [-0.25, -0.2) is 12.7 Å². The molecule has 2 fully saturated rings. The summed E-state index contributed by atoms with van der Waals surface area (Å²) in [6.07, 6.45) is 1.79. The van der Waals surface area contributed by atoms with Gasteiger partial charge in [0.1, 0.15) is 0 Å². The summed E-state index contributed by atoms with van der Waals surface area (Å²) in [5, 5.41) is 8.38. The first-order chi connectivity index (χ1) is 8.50. The molecule has 2 aliphatic rings. The van der Waals surface area contributed by atoms with Gasteiger partial charge in [0, 0.05) is 32.7 Å². The number of carbonyl (C=O) groups is 1. The molecule has 1 atom stereocenters. The second kappa shape index (κ2) is 5.54.